The minimum atomic E-state index is -1.30. The molecule has 0 unspecified atom stereocenters. The van der Waals surface area contributed by atoms with Gasteiger partial charge in [-0.3, -0.25) is 9.59 Å². The number of carbonyl (C=O) groups is 3. The number of ketones is 1. The average molecular weight is 280 g/mol. The van der Waals surface area contributed by atoms with Gasteiger partial charge in [0.15, 0.2) is 5.78 Å². The van der Waals surface area contributed by atoms with Crippen molar-refractivity contribution in [3.8, 4) is 0 Å². The third kappa shape index (κ3) is 2.93. The van der Waals surface area contributed by atoms with E-state index in [1.807, 2.05) is 5.32 Å². The second kappa shape index (κ2) is 5.68. The summed E-state index contributed by atoms with van der Waals surface area (Å²) in [7, 11) is 0. The molecule has 2 amide bonds. The summed E-state index contributed by atoms with van der Waals surface area (Å²) in [5, 5.41) is 10.5. The van der Waals surface area contributed by atoms with E-state index in [0.717, 1.165) is 6.07 Å². The highest BCUT2D eigenvalue weighted by Gasteiger charge is 2.25. The van der Waals surface area contributed by atoms with Gasteiger partial charge < -0.3 is 15.3 Å². The van der Waals surface area contributed by atoms with Gasteiger partial charge in [-0.2, -0.15) is 0 Å². The van der Waals surface area contributed by atoms with Gasteiger partial charge in [0, 0.05) is 18.5 Å². The monoisotopic (exact) mass is 280 g/mol. The lowest BCUT2D eigenvalue weighted by Crippen LogP contribution is -2.40. The Bertz CT molecular complexity index is 573. The summed E-state index contributed by atoms with van der Waals surface area (Å²) in [5.74, 6) is -1.24. The normalized spacial score (nSPS) is 14.4. The third-order valence-electron chi connectivity index (χ3n) is 3.03. The van der Waals surface area contributed by atoms with E-state index in [-0.39, 0.29) is 24.3 Å². The summed E-state index contributed by atoms with van der Waals surface area (Å²) in [6.07, 6.45) is -0.621. The lowest BCUT2D eigenvalue weighted by atomic mass is 10.1. The molecule has 7 heteroatoms. The van der Waals surface area contributed by atoms with Crippen molar-refractivity contribution in [2.24, 2.45) is 0 Å². The van der Waals surface area contributed by atoms with Gasteiger partial charge in [-0.15, -0.1) is 0 Å². The van der Waals surface area contributed by atoms with Gasteiger partial charge in [-0.05, 0) is 24.6 Å². The summed E-state index contributed by atoms with van der Waals surface area (Å²) in [6.45, 7) is -0.0924. The SMILES string of the molecule is O=C(O)NCC(=O)N1CCCC(=O)c2cc(F)ccc21. The van der Waals surface area contributed by atoms with Crippen molar-refractivity contribution in [3.63, 3.8) is 0 Å². The molecular weight excluding hydrogens is 267 g/mol. The van der Waals surface area contributed by atoms with Gasteiger partial charge in [0.1, 0.15) is 12.4 Å². The van der Waals surface area contributed by atoms with E-state index in [9.17, 15) is 18.8 Å². The fraction of sp³-hybridized carbons (Fsp3) is 0.308. The van der Waals surface area contributed by atoms with Gasteiger partial charge in [-0.25, -0.2) is 9.18 Å². The molecule has 0 fully saturated rings. The predicted molar refractivity (Wildman–Crippen MR) is 68.3 cm³/mol. The van der Waals surface area contributed by atoms with Gasteiger partial charge in [0.05, 0.1) is 5.69 Å². The molecule has 0 spiro atoms. The van der Waals surface area contributed by atoms with Crippen molar-refractivity contribution in [2.45, 2.75) is 12.8 Å². The molecule has 1 aromatic carbocycles. The third-order valence-corrected chi connectivity index (χ3v) is 3.03. The van der Waals surface area contributed by atoms with Crippen molar-refractivity contribution in [2.75, 3.05) is 18.0 Å². The fourth-order valence-electron chi connectivity index (χ4n) is 2.13. The van der Waals surface area contributed by atoms with Gasteiger partial charge in [-0.1, -0.05) is 0 Å². The Morgan fingerprint density at radius 2 is 2.15 bits per heavy atom. The molecule has 2 N–H and O–H groups in total. The lowest BCUT2D eigenvalue weighted by Gasteiger charge is -2.22. The van der Waals surface area contributed by atoms with E-state index in [4.69, 9.17) is 5.11 Å². The summed E-state index contributed by atoms with van der Waals surface area (Å²) in [6, 6.07) is 3.64. The number of rotatable bonds is 2. The number of anilines is 1. The first-order chi connectivity index (χ1) is 9.49. The van der Waals surface area contributed by atoms with Crippen LogP contribution in [-0.4, -0.2) is 36.0 Å². The van der Waals surface area contributed by atoms with Crippen LogP contribution in [0.25, 0.3) is 0 Å². The first-order valence-corrected chi connectivity index (χ1v) is 6.09. The van der Waals surface area contributed by atoms with Crippen LogP contribution in [0.5, 0.6) is 0 Å². The highest BCUT2D eigenvalue weighted by molar-refractivity contribution is 6.07. The molecule has 0 atom stereocenters. The molecule has 0 aromatic heterocycles. The van der Waals surface area contributed by atoms with E-state index in [1.54, 1.807) is 0 Å². The molecule has 1 aliphatic heterocycles. The number of nitrogens with zero attached hydrogens (tertiary/aromatic N) is 1. The van der Waals surface area contributed by atoms with E-state index >= 15 is 0 Å². The zero-order valence-corrected chi connectivity index (χ0v) is 10.6. The van der Waals surface area contributed by atoms with Crippen LogP contribution in [0.4, 0.5) is 14.9 Å². The molecule has 1 heterocycles. The Morgan fingerprint density at radius 3 is 2.85 bits per heavy atom. The Labute approximate surface area is 114 Å². The highest BCUT2D eigenvalue weighted by atomic mass is 19.1. The molecule has 106 valence electrons. The number of hydrogen-bond donors (Lipinski definition) is 2. The summed E-state index contributed by atoms with van der Waals surface area (Å²) >= 11 is 0. The highest BCUT2D eigenvalue weighted by Crippen LogP contribution is 2.27. The number of fused-ring (bicyclic) bond motifs is 1. The molecule has 0 aliphatic carbocycles. The van der Waals surface area contributed by atoms with Crippen LogP contribution in [-0.2, 0) is 4.79 Å². The molecule has 0 saturated heterocycles. The van der Waals surface area contributed by atoms with Crippen molar-refractivity contribution in [1.82, 2.24) is 5.32 Å². The first kappa shape index (κ1) is 14.0. The Kier molecular flexibility index (Phi) is 3.97. The van der Waals surface area contributed by atoms with Crippen molar-refractivity contribution >= 4 is 23.5 Å². The van der Waals surface area contributed by atoms with Gasteiger partial charge in [0.2, 0.25) is 5.91 Å². The molecule has 0 radical (unpaired) electrons. The van der Waals surface area contributed by atoms with Gasteiger partial charge >= 0.3 is 6.09 Å². The molecule has 20 heavy (non-hydrogen) atoms. The van der Waals surface area contributed by atoms with Crippen LogP contribution in [0.2, 0.25) is 0 Å². The van der Waals surface area contributed by atoms with Crippen molar-refractivity contribution in [1.29, 1.82) is 0 Å². The first-order valence-electron chi connectivity index (χ1n) is 6.09. The van der Waals surface area contributed by atoms with Crippen LogP contribution in [0.15, 0.2) is 18.2 Å². The van der Waals surface area contributed by atoms with Crippen LogP contribution < -0.4 is 10.2 Å². The van der Waals surface area contributed by atoms with E-state index < -0.39 is 17.8 Å². The zero-order valence-electron chi connectivity index (χ0n) is 10.6. The number of halogens is 1. The average Bonchev–Trinajstić information content (AvgIpc) is 2.56. The number of nitrogens with one attached hydrogen (secondary N) is 1. The van der Waals surface area contributed by atoms with Crippen LogP contribution >= 0.6 is 0 Å². The lowest BCUT2D eigenvalue weighted by molar-refractivity contribution is -0.117. The molecular formula is C13H13FN2O4. The molecule has 1 aromatic rings. The largest absolute Gasteiger partial charge is 0.465 e. The van der Waals surface area contributed by atoms with Crippen molar-refractivity contribution < 1.29 is 23.9 Å². The second-order valence-electron chi connectivity index (χ2n) is 4.39. The second-order valence-corrected chi connectivity index (χ2v) is 4.39. The van der Waals surface area contributed by atoms with Crippen LogP contribution in [0, 0.1) is 5.82 Å². The predicted octanol–water partition coefficient (Wildman–Crippen LogP) is 1.40. The zero-order chi connectivity index (χ0) is 14.7. The van der Waals surface area contributed by atoms with Gasteiger partial charge in [0.25, 0.3) is 0 Å². The number of amides is 2. The summed E-state index contributed by atoms with van der Waals surface area (Å²) in [5.41, 5.74) is 0.484. The Hall–Kier alpha value is -2.44. The molecule has 6 nitrogen and oxygen atoms in total. The minimum absolute atomic E-state index is 0.158. The summed E-state index contributed by atoms with van der Waals surface area (Å²) < 4.78 is 13.2. The number of Topliss-reactive ketones (excluding diaryl/α,β-unsaturated/α-hetero) is 1. The van der Waals surface area contributed by atoms with Crippen molar-refractivity contribution in [3.05, 3.63) is 29.6 Å². The quantitative estimate of drug-likeness (QED) is 0.857. The van der Waals surface area contributed by atoms with E-state index in [0.29, 0.717) is 18.7 Å². The maximum atomic E-state index is 13.2. The number of hydrogen-bond acceptors (Lipinski definition) is 3. The Balaban J connectivity index is 2.30. The standard InChI is InChI=1S/C13H13FN2O4/c14-8-3-4-10-9(6-8)11(17)2-1-5-16(10)12(18)7-15-13(19)20/h3-4,6,15H,1-2,5,7H2,(H,19,20). The Morgan fingerprint density at radius 1 is 1.40 bits per heavy atom. The molecule has 2 rings (SSSR count). The maximum absolute atomic E-state index is 13.2. The smallest absolute Gasteiger partial charge is 0.405 e. The number of carbonyl (C=O) groups excluding carboxylic acids is 2. The van der Waals surface area contributed by atoms with E-state index in [1.165, 1.54) is 17.0 Å². The molecule has 0 saturated carbocycles. The molecule has 1 aliphatic rings. The number of benzene rings is 1. The van der Waals surface area contributed by atoms with Crippen LogP contribution in [0.1, 0.15) is 23.2 Å². The topological polar surface area (TPSA) is 86.7 Å². The summed E-state index contributed by atoms with van der Waals surface area (Å²) in [4.78, 5) is 35.6. The molecule has 0 bridgehead atoms. The minimum Gasteiger partial charge on any atom is -0.465 e. The fourth-order valence-corrected chi connectivity index (χ4v) is 2.13. The van der Waals surface area contributed by atoms with Crippen LogP contribution in [0.3, 0.4) is 0 Å². The number of carboxylic acid groups (broad SMARTS) is 1. The van der Waals surface area contributed by atoms with E-state index in [2.05, 4.69) is 0 Å². The maximum Gasteiger partial charge on any atom is 0.405 e.